The van der Waals surface area contributed by atoms with Crippen molar-refractivity contribution in [2.75, 3.05) is 12.0 Å². The van der Waals surface area contributed by atoms with Crippen LogP contribution < -0.4 is 19.7 Å². The van der Waals surface area contributed by atoms with Crippen LogP contribution in [0.4, 0.5) is 10.5 Å². The topological polar surface area (TPSA) is 84.9 Å². The van der Waals surface area contributed by atoms with Crippen molar-refractivity contribution in [3.05, 3.63) is 56.1 Å². The Morgan fingerprint density at radius 1 is 1.17 bits per heavy atom. The van der Waals surface area contributed by atoms with E-state index in [-0.39, 0.29) is 17.4 Å². The first-order valence-electron chi connectivity index (χ1n) is 8.92. The van der Waals surface area contributed by atoms with Crippen molar-refractivity contribution in [1.29, 1.82) is 0 Å². The number of rotatable bonds is 5. The number of urea groups is 1. The monoisotopic (exact) mass is 540 g/mol. The molecule has 0 unspecified atom stereocenters. The highest BCUT2D eigenvalue weighted by Gasteiger charge is 2.37. The number of ether oxygens (including phenoxy) is 2. The van der Waals surface area contributed by atoms with Crippen molar-refractivity contribution in [1.82, 2.24) is 5.32 Å². The molecule has 1 N–H and O–H groups in total. The maximum atomic E-state index is 13.0. The lowest BCUT2D eigenvalue weighted by molar-refractivity contribution is -0.122. The van der Waals surface area contributed by atoms with E-state index in [9.17, 15) is 14.4 Å². The van der Waals surface area contributed by atoms with Crippen LogP contribution in [0.15, 0.2) is 42.0 Å². The van der Waals surface area contributed by atoms with Gasteiger partial charge in [0.2, 0.25) is 0 Å². The normalized spacial score (nSPS) is 15.6. The van der Waals surface area contributed by atoms with E-state index >= 15 is 0 Å². The Balaban J connectivity index is 2.03. The number of hydrogen-bond acceptors (Lipinski definition) is 5. The van der Waals surface area contributed by atoms with E-state index in [1.54, 1.807) is 30.3 Å². The summed E-state index contributed by atoms with van der Waals surface area (Å²) in [5.74, 6) is -0.485. The average Bonchev–Trinajstić information content (AvgIpc) is 2.66. The number of carbonyl (C=O) groups is 3. The van der Waals surface area contributed by atoms with Crippen LogP contribution in [-0.2, 0) is 9.59 Å². The second-order valence-corrected chi connectivity index (χ2v) is 8.24. The molecule has 4 amide bonds. The van der Waals surface area contributed by atoms with E-state index in [2.05, 4.69) is 27.9 Å². The van der Waals surface area contributed by atoms with Gasteiger partial charge in [0.15, 0.2) is 11.5 Å². The van der Waals surface area contributed by atoms with Crippen LogP contribution in [0.2, 0.25) is 5.02 Å². The summed E-state index contributed by atoms with van der Waals surface area (Å²) in [6, 6.07) is 8.84. The van der Waals surface area contributed by atoms with Gasteiger partial charge in [0.1, 0.15) is 5.57 Å². The molecule has 0 aliphatic carbocycles. The van der Waals surface area contributed by atoms with Gasteiger partial charge in [-0.3, -0.25) is 14.9 Å². The molecule has 0 aromatic heterocycles. The Labute approximate surface area is 192 Å². The summed E-state index contributed by atoms with van der Waals surface area (Å²) in [7, 11) is 1.51. The molecule has 9 heteroatoms. The molecule has 0 atom stereocenters. The summed E-state index contributed by atoms with van der Waals surface area (Å²) in [6.07, 6.45) is 1.35. The van der Waals surface area contributed by atoms with Crippen LogP contribution in [0.1, 0.15) is 19.4 Å². The Hall–Kier alpha value is -2.59. The summed E-state index contributed by atoms with van der Waals surface area (Å²) in [5.41, 5.74) is 0.618. The molecule has 0 radical (unpaired) electrons. The molecular formula is C21H18ClIN2O5. The Morgan fingerprint density at radius 2 is 1.90 bits per heavy atom. The lowest BCUT2D eigenvalue weighted by atomic mass is 10.1. The number of methoxy groups -OCH3 is 1. The summed E-state index contributed by atoms with van der Waals surface area (Å²) in [5, 5.41) is 2.54. The first kappa shape index (κ1) is 22.1. The second kappa shape index (κ2) is 9.05. The second-order valence-electron chi connectivity index (χ2n) is 6.64. The van der Waals surface area contributed by atoms with Gasteiger partial charge in [-0.2, -0.15) is 0 Å². The van der Waals surface area contributed by atoms with Gasteiger partial charge in [0.05, 0.1) is 22.5 Å². The van der Waals surface area contributed by atoms with Crippen LogP contribution in [0.25, 0.3) is 6.08 Å². The largest absolute Gasteiger partial charge is 0.493 e. The standard InChI is InChI=1S/C21H18ClIN2O5/c1-11(2)30-18-16(23)8-12(9-17(18)29-3)7-15-19(26)24-21(28)25(20(15)27)14-6-4-5-13(22)10-14/h4-11H,1-3H3,(H,24,26,28)/b15-7+. The SMILES string of the molecule is COc1cc(/C=C2\C(=O)NC(=O)N(c3cccc(Cl)c3)C2=O)cc(I)c1OC(C)C. The van der Waals surface area contributed by atoms with Crippen molar-refractivity contribution >= 4 is 63.8 Å². The molecule has 2 aromatic carbocycles. The lowest BCUT2D eigenvalue weighted by Gasteiger charge is -2.26. The van der Waals surface area contributed by atoms with Gasteiger partial charge in [-0.1, -0.05) is 17.7 Å². The minimum atomic E-state index is -0.836. The van der Waals surface area contributed by atoms with Crippen molar-refractivity contribution in [3.63, 3.8) is 0 Å². The number of benzene rings is 2. The van der Waals surface area contributed by atoms with E-state index in [1.807, 2.05) is 13.8 Å². The summed E-state index contributed by atoms with van der Waals surface area (Å²) in [4.78, 5) is 38.5. The van der Waals surface area contributed by atoms with Crippen LogP contribution in [0, 0.1) is 3.57 Å². The van der Waals surface area contributed by atoms with Gasteiger partial charge in [-0.25, -0.2) is 9.69 Å². The number of amides is 4. The van der Waals surface area contributed by atoms with Gasteiger partial charge in [-0.05, 0) is 78.4 Å². The van der Waals surface area contributed by atoms with Crippen molar-refractivity contribution in [3.8, 4) is 11.5 Å². The maximum absolute atomic E-state index is 13.0. The molecule has 1 aliphatic rings. The number of nitrogens with one attached hydrogen (secondary N) is 1. The summed E-state index contributed by atoms with van der Waals surface area (Å²) >= 11 is 8.07. The number of anilines is 1. The predicted molar refractivity (Wildman–Crippen MR) is 122 cm³/mol. The predicted octanol–water partition coefficient (Wildman–Crippen LogP) is 4.41. The van der Waals surface area contributed by atoms with Crippen LogP contribution in [0.5, 0.6) is 11.5 Å². The minimum Gasteiger partial charge on any atom is -0.493 e. The van der Waals surface area contributed by atoms with Gasteiger partial charge < -0.3 is 9.47 Å². The summed E-state index contributed by atoms with van der Waals surface area (Å²) in [6.45, 7) is 3.80. The van der Waals surface area contributed by atoms with Crippen molar-refractivity contribution in [2.45, 2.75) is 20.0 Å². The molecular weight excluding hydrogens is 523 g/mol. The Morgan fingerprint density at radius 3 is 2.53 bits per heavy atom. The number of barbiturate groups is 1. The number of carbonyl (C=O) groups excluding carboxylic acids is 3. The molecule has 1 aliphatic heterocycles. The molecule has 7 nitrogen and oxygen atoms in total. The molecule has 0 saturated carbocycles. The average molecular weight is 541 g/mol. The van der Waals surface area contributed by atoms with Crippen LogP contribution in [0.3, 0.4) is 0 Å². The van der Waals surface area contributed by atoms with E-state index in [0.717, 1.165) is 8.47 Å². The zero-order valence-corrected chi connectivity index (χ0v) is 19.3. The molecule has 1 saturated heterocycles. The molecule has 1 heterocycles. The molecule has 0 bridgehead atoms. The first-order chi connectivity index (χ1) is 14.2. The molecule has 3 rings (SSSR count). The zero-order valence-electron chi connectivity index (χ0n) is 16.4. The van der Waals surface area contributed by atoms with Crippen molar-refractivity contribution < 1.29 is 23.9 Å². The van der Waals surface area contributed by atoms with Crippen LogP contribution in [-0.4, -0.2) is 31.1 Å². The van der Waals surface area contributed by atoms with Crippen LogP contribution >= 0.6 is 34.2 Å². The number of imide groups is 2. The highest BCUT2D eigenvalue weighted by molar-refractivity contribution is 14.1. The minimum absolute atomic E-state index is 0.0559. The van der Waals surface area contributed by atoms with Gasteiger partial charge >= 0.3 is 6.03 Å². The van der Waals surface area contributed by atoms with Gasteiger partial charge in [0.25, 0.3) is 11.8 Å². The Bertz CT molecular complexity index is 1070. The number of halogens is 2. The van der Waals surface area contributed by atoms with E-state index in [0.29, 0.717) is 22.1 Å². The fourth-order valence-electron chi connectivity index (χ4n) is 2.85. The molecule has 30 heavy (non-hydrogen) atoms. The fourth-order valence-corrected chi connectivity index (χ4v) is 3.78. The van der Waals surface area contributed by atoms with E-state index in [1.165, 1.54) is 19.3 Å². The van der Waals surface area contributed by atoms with Gasteiger partial charge in [0, 0.05) is 5.02 Å². The van der Waals surface area contributed by atoms with Gasteiger partial charge in [-0.15, -0.1) is 0 Å². The zero-order chi connectivity index (χ0) is 22.0. The molecule has 1 fully saturated rings. The maximum Gasteiger partial charge on any atom is 0.335 e. The fraction of sp³-hybridized carbons (Fsp3) is 0.190. The molecule has 0 spiro atoms. The first-order valence-corrected chi connectivity index (χ1v) is 10.4. The third kappa shape index (κ3) is 4.59. The highest BCUT2D eigenvalue weighted by atomic mass is 127. The Kier molecular flexibility index (Phi) is 6.67. The molecule has 2 aromatic rings. The third-order valence-electron chi connectivity index (χ3n) is 4.08. The van der Waals surface area contributed by atoms with Crippen molar-refractivity contribution in [2.24, 2.45) is 0 Å². The highest BCUT2D eigenvalue weighted by Crippen LogP contribution is 2.35. The number of hydrogen-bond donors (Lipinski definition) is 1. The quantitative estimate of drug-likeness (QED) is 0.345. The van der Waals surface area contributed by atoms with E-state index in [4.69, 9.17) is 21.1 Å². The summed E-state index contributed by atoms with van der Waals surface area (Å²) < 4.78 is 11.9. The number of nitrogens with zero attached hydrogens (tertiary/aromatic N) is 1. The van der Waals surface area contributed by atoms with E-state index < -0.39 is 17.8 Å². The lowest BCUT2D eigenvalue weighted by Crippen LogP contribution is -2.54. The smallest absolute Gasteiger partial charge is 0.335 e. The molecule has 156 valence electrons. The third-order valence-corrected chi connectivity index (χ3v) is 5.12.